The zero-order valence-electron chi connectivity index (χ0n) is 6.98. The molecule has 1 atom stereocenters. The number of carbonyl (C=O) groups is 1. The molecule has 0 aliphatic heterocycles. The fraction of sp³-hybridized carbons (Fsp3) is 0.857. The molecule has 3 nitrogen and oxygen atoms in total. The van der Waals surface area contributed by atoms with Crippen molar-refractivity contribution < 1.29 is 9.53 Å². The van der Waals surface area contributed by atoms with Crippen LogP contribution in [-0.2, 0) is 9.53 Å². The fourth-order valence-corrected chi connectivity index (χ4v) is 0.978. The molecule has 0 rings (SSSR count). The van der Waals surface area contributed by atoms with E-state index in [1.807, 2.05) is 20.8 Å². The highest BCUT2D eigenvalue weighted by atomic mass is 35.5. The number of halogens is 1. The minimum absolute atomic E-state index is 0.0567. The van der Waals surface area contributed by atoms with Gasteiger partial charge in [0.25, 0.3) is 0 Å². The molecule has 0 aliphatic carbocycles. The van der Waals surface area contributed by atoms with Crippen molar-refractivity contribution in [2.75, 3.05) is 0 Å². The molecule has 1 amide bonds. The second-order valence-corrected chi connectivity index (χ2v) is 3.75. The summed E-state index contributed by atoms with van der Waals surface area (Å²) in [6, 6.07) is 0. The topological polar surface area (TPSA) is 50.1 Å². The Morgan fingerprint density at radius 2 is 2.09 bits per heavy atom. The van der Waals surface area contributed by atoms with Crippen molar-refractivity contribution in [1.29, 1.82) is 0 Å². The first-order chi connectivity index (χ1) is 4.81. The highest BCUT2D eigenvalue weighted by molar-refractivity contribution is 6.20. The number of ether oxygens (including phenoxy) is 1. The Bertz CT molecular complexity index is 142. The molecule has 65 valence electrons. The van der Waals surface area contributed by atoms with Gasteiger partial charge in [-0.2, -0.15) is 0 Å². The summed E-state index contributed by atoms with van der Waals surface area (Å²) in [5.74, 6) is -0.700. The summed E-state index contributed by atoms with van der Waals surface area (Å²) in [5, 5.41) is 0. The predicted molar refractivity (Wildman–Crippen MR) is 43.2 cm³/mol. The Hall–Kier alpha value is -0.280. The summed E-state index contributed by atoms with van der Waals surface area (Å²) < 4.78 is 5.17. The molecule has 0 aromatic carbocycles. The molecule has 0 bridgehead atoms. The molecule has 0 aromatic heterocycles. The number of hydrogen-bond donors (Lipinski definition) is 0. The smallest absolute Gasteiger partial charge is 0.242 e. The van der Waals surface area contributed by atoms with Crippen LogP contribution in [0.15, 0.2) is 0 Å². The van der Waals surface area contributed by atoms with Crippen LogP contribution in [0, 0.1) is 0 Å². The molecule has 0 heterocycles. The van der Waals surface area contributed by atoms with Gasteiger partial charge in [0.2, 0.25) is 5.91 Å². The number of amides is 1. The van der Waals surface area contributed by atoms with Crippen LogP contribution < -0.4 is 5.73 Å². The summed E-state index contributed by atoms with van der Waals surface area (Å²) in [6.07, 6.45) is -0.0567. The van der Waals surface area contributed by atoms with Gasteiger partial charge in [0, 0.05) is 0 Å². The first-order valence-corrected chi connectivity index (χ1v) is 3.81. The largest absolute Gasteiger partial charge is 0.356 e. The average Bonchev–Trinajstić information content (AvgIpc) is 1.53. The van der Waals surface area contributed by atoms with Gasteiger partial charge in [-0.1, -0.05) is 11.6 Å². The molecule has 4 heteroatoms. The van der Waals surface area contributed by atoms with Crippen LogP contribution in [0.3, 0.4) is 0 Å². The highest BCUT2D eigenvalue weighted by Crippen LogP contribution is 2.15. The maximum Gasteiger partial charge on any atom is 0.242 e. The summed E-state index contributed by atoms with van der Waals surface area (Å²) in [6.45, 7) is 5.53. The first kappa shape index (κ1) is 10.7. The van der Waals surface area contributed by atoms with Gasteiger partial charge in [0.1, 0.15) is 5.56 Å². The molecule has 0 spiro atoms. The number of hydrogen-bond acceptors (Lipinski definition) is 2. The quantitative estimate of drug-likeness (QED) is 0.616. The van der Waals surface area contributed by atoms with E-state index in [0.29, 0.717) is 0 Å². The molecule has 0 fully saturated rings. The minimum Gasteiger partial charge on any atom is -0.356 e. The number of carbonyl (C=O) groups excluding carboxylic acids is 1. The van der Waals surface area contributed by atoms with E-state index in [1.54, 1.807) is 0 Å². The predicted octanol–water partition coefficient (Wildman–Crippen LogP) is 1.57. The van der Waals surface area contributed by atoms with Crippen molar-refractivity contribution in [2.45, 2.75) is 38.4 Å². The van der Waals surface area contributed by atoms with E-state index < -0.39 is 11.5 Å². The van der Waals surface area contributed by atoms with Crippen LogP contribution in [0.5, 0.6) is 0 Å². The van der Waals surface area contributed by atoms with Crippen molar-refractivity contribution in [3.63, 3.8) is 0 Å². The third kappa shape index (κ3) is 7.62. The van der Waals surface area contributed by atoms with Crippen molar-refractivity contribution in [3.8, 4) is 0 Å². The molecule has 0 saturated heterocycles. The molecule has 0 saturated carbocycles. The van der Waals surface area contributed by atoms with E-state index >= 15 is 0 Å². The van der Waals surface area contributed by atoms with Crippen LogP contribution >= 0.6 is 11.6 Å². The van der Waals surface area contributed by atoms with E-state index in [-0.39, 0.29) is 12.0 Å². The number of nitrogens with one attached hydrogen (secondary N) is 1. The Morgan fingerprint density at radius 1 is 1.64 bits per heavy atom. The lowest BCUT2D eigenvalue weighted by molar-refractivity contribution is -0.121. The first-order valence-electron chi connectivity index (χ1n) is 3.37. The van der Waals surface area contributed by atoms with Gasteiger partial charge in [-0.25, -0.2) is 0 Å². The van der Waals surface area contributed by atoms with E-state index in [4.69, 9.17) is 22.1 Å². The molecule has 1 N–H and O–H groups in total. The molecular formula is C7H13ClNO2. The number of alkyl halides is 1. The molecule has 1 unspecified atom stereocenters. The van der Waals surface area contributed by atoms with Crippen molar-refractivity contribution >= 4 is 17.5 Å². The zero-order valence-corrected chi connectivity index (χ0v) is 7.73. The summed E-state index contributed by atoms with van der Waals surface area (Å²) in [5.41, 5.74) is 5.57. The van der Waals surface area contributed by atoms with Crippen LogP contribution in [-0.4, -0.2) is 17.1 Å². The zero-order chi connectivity index (χ0) is 9.07. The maximum atomic E-state index is 10.2. The molecular weight excluding hydrogens is 166 g/mol. The van der Waals surface area contributed by atoms with Gasteiger partial charge in [-0.05, 0) is 20.8 Å². The maximum absolute atomic E-state index is 10.2. The van der Waals surface area contributed by atoms with Gasteiger partial charge in [0.05, 0.1) is 12.0 Å². The standard InChI is InChI=1S/C7H13ClNO2/c1-7(2,3)11-5(8)4-6(9)10/h5,9H,4H2,1-3H3. The van der Waals surface area contributed by atoms with Crippen LogP contribution in [0.25, 0.3) is 0 Å². The Morgan fingerprint density at radius 3 is 2.36 bits per heavy atom. The fourth-order valence-electron chi connectivity index (χ4n) is 0.571. The molecule has 0 aromatic rings. The lowest BCUT2D eigenvalue weighted by atomic mass is 10.2. The third-order valence-electron chi connectivity index (χ3n) is 0.827. The van der Waals surface area contributed by atoms with Crippen LogP contribution in [0.2, 0.25) is 0 Å². The van der Waals surface area contributed by atoms with Crippen LogP contribution in [0.1, 0.15) is 27.2 Å². The molecule has 11 heavy (non-hydrogen) atoms. The minimum atomic E-state index is -0.700. The highest BCUT2D eigenvalue weighted by Gasteiger charge is 2.18. The Balaban J connectivity index is 3.69. The Kier molecular flexibility index (Phi) is 3.83. The monoisotopic (exact) mass is 178 g/mol. The van der Waals surface area contributed by atoms with Crippen molar-refractivity contribution in [1.82, 2.24) is 5.73 Å². The second kappa shape index (κ2) is 3.93. The molecule has 1 radical (unpaired) electrons. The van der Waals surface area contributed by atoms with Gasteiger partial charge < -0.3 is 4.74 Å². The van der Waals surface area contributed by atoms with Crippen molar-refractivity contribution in [2.24, 2.45) is 0 Å². The number of rotatable bonds is 3. The average molecular weight is 179 g/mol. The van der Waals surface area contributed by atoms with Crippen LogP contribution in [0.4, 0.5) is 0 Å². The van der Waals surface area contributed by atoms with E-state index in [0.717, 1.165) is 0 Å². The van der Waals surface area contributed by atoms with Gasteiger partial charge in [-0.3, -0.25) is 10.5 Å². The van der Waals surface area contributed by atoms with E-state index in [9.17, 15) is 4.79 Å². The van der Waals surface area contributed by atoms with E-state index in [2.05, 4.69) is 0 Å². The lowest BCUT2D eigenvalue weighted by Gasteiger charge is -2.22. The van der Waals surface area contributed by atoms with Gasteiger partial charge in [0.15, 0.2) is 0 Å². The lowest BCUT2D eigenvalue weighted by Crippen LogP contribution is -2.25. The summed E-state index contributed by atoms with van der Waals surface area (Å²) in [4.78, 5) is 10.2. The molecule has 0 aliphatic rings. The summed E-state index contributed by atoms with van der Waals surface area (Å²) >= 11 is 5.60. The second-order valence-electron chi connectivity index (χ2n) is 3.27. The van der Waals surface area contributed by atoms with Gasteiger partial charge in [-0.15, -0.1) is 0 Å². The third-order valence-corrected chi connectivity index (χ3v) is 1.07. The normalized spacial score (nSPS) is 14.5. The van der Waals surface area contributed by atoms with Gasteiger partial charge >= 0.3 is 0 Å². The SMILES string of the molecule is CC(C)(C)OC(Cl)CC([NH])=O. The summed E-state index contributed by atoms with van der Waals surface area (Å²) in [7, 11) is 0. The van der Waals surface area contributed by atoms with Crippen molar-refractivity contribution in [3.05, 3.63) is 0 Å². The Labute approximate surface area is 71.8 Å². The van der Waals surface area contributed by atoms with E-state index in [1.165, 1.54) is 0 Å².